The minimum absolute atomic E-state index is 0.0663. The van der Waals surface area contributed by atoms with E-state index < -0.39 is 0 Å². The van der Waals surface area contributed by atoms with E-state index >= 15 is 0 Å². The van der Waals surface area contributed by atoms with Crippen molar-refractivity contribution in [3.8, 4) is 6.01 Å². The predicted molar refractivity (Wildman–Crippen MR) is 121 cm³/mol. The Labute approximate surface area is 181 Å². The van der Waals surface area contributed by atoms with Crippen LogP contribution < -0.4 is 15.4 Å². The van der Waals surface area contributed by atoms with Crippen LogP contribution in [0.2, 0.25) is 0 Å². The van der Waals surface area contributed by atoms with Gasteiger partial charge in [0.2, 0.25) is 5.91 Å². The summed E-state index contributed by atoms with van der Waals surface area (Å²) in [5, 5.41) is 0. The van der Waals surface area contributed by atoms with E-state index in [1.807, 2.05) is 0 Å². The third kappa shape index (κ3) is 5.84. The van der Waals surface area contributed by atoms with Crippen molar-refractivity contribution < 1.29 is 9.53 Å². The van der Waals surface area contributed by atoms with Gasteiger partial charge >= 0.3 is 6.01 Å². The lowest BCUT2D eigenvalue weighted by molar-refractivity contribution is -0.117. The molecular weight excluding hydrogens is 378 g/mol. The number of ether oxygens (including phenoxy) is 1. The van der Waals surface area contributed by atoms with Crippen LogP contribution in [0.5, 0.6) is 6.01 Å². The van der Waals surface area contributed by atoms with E-state index in [1.165, 1.54) is 38.8 Å². The number of hydrogen-bond donors (Lipinski definition) is 1. The lowest BCUT2D eigenvalue weighted by Crippen LogP contribution is -2.39. The first kappa shape index (κ1) is 22.8. The number of nitrogens with zero attached hydrogens (tertiary/aromatic N) is 4. The van der Waals surface area contributed by atoms with Gasteiger partial charge in [-0.15, -0.1) is 0 Å². The Morgan fingerprint density at radius 3 is 2.80 bits per heavy atom. The first-order valence-electron chi connectivity index (χ1n) is 11.8. The number of nitrogen functional groups attached to an aromatic ring is 1. The van der Waals surface area contributed by atoms with E-state index in [2.05, 4.69) is 35.6 Å². The summed E-state index contributed by atoms with van der Waals surface area (Å²) in [6.07, 6.45) is 9.61. The van der Waals surface area contributed by atoms with Gasteiger partial charge in [0.1, 0.15) is 11.6 Å². The van der Waals surface area contributed by atoms with Gasteiger partial charge in [0.15, 0.2) is 0 Å². The molecule has 1 saturated heterocycles. The van der Waals surface area contributed by atoms with Gasteiger partial charge in [0.05, 0.1) is 13.0 Å². The number of carbonyl (C=O) groups excluding carboxylic acids is 1. The lowest BCUT2D eigenvalue weighted by atomic mass is 9.92. The maximum absolute atomic E-state index is 12.5. The molecule has 1 atom stereocenters. The van der Waals surface area contributed by atoms with Crippen LogP contribution in [0.3, 0.4) is 0 Å². The van der Waals surface area contributed by atoms with Crippen molar-refractivity contribution in [2.45, 2.75) is 84.6 Å². The van der Waals surface area contributed by atoms with E-state index in [0.29, 0.717) is 37.3 Å². The molecule has 2 aliphatic heterocycles. The minimum atomic E-state index is 0.0663. The van der Waals surface area contributed by atoms with Crippen molar-refractivity contribution in [3.63, 3.8) is 0 Å². The molecule has 0 aromatic carbocycles. The van der Waals surface area contributed by atoms with Gasteiger partial charge in [-0.2, -0.15) is 9.97 Å². The van der Waals surface area contributed by atoms with Crippen molar-refractivity contribution in [3.05, 3.63) is 5.56 Å². The number of unbranched alkanes of at least 4 members (excludes halogenated alkanes) is 3. The van der Waals surface area contributed by atoms with E-state index in [9.17, 15) is 4.79 Å². The normalized spacial score (nSPS) is 19.5. The van der Waals surface area contributed by atoms with Crippen LogP contribution in [0.25, 0.3) is 0 Å². The number of amides is 1. The highest BCUT2D eigenvalue weighted by molar-refractivity contribution is 6.01. The Balaban J connectivity index is 1.46. The Bertz CT molecular complexity index is 709. The number of rotatable bonds is 11. The Kier molecular flexibility index (Phi) is 8.31. The van der Waals surface area contributed by atoms with Crippen molar-refractivity contribution in [1.29, 1.82) is 0 Å². The van der Waals surface area contributed by atoms with E-state index in [4.69, 9.17) is 10.5 Å². The van der Waals surface area contributed by atoms with Gasteiger partial charge in [-0.25, -0.2) is 0 Å². The zero-order valence-corrected chi connectivity index (χ0v) is 19.0. The highest BCUT2D eigenvalue weighted by atomic mass is 16.5. The molecule has 1 unspecified atom stereocenters. The second-order valence-electron chi connectivity index (χ2n) is 9.06. The lowest BCUT2D eigenvalue weighted by Gasteiger charge is -2.35. The molecule has 0 aliphatic carbocycles. The van der Waals surface area contributed by atoms with Crippen molar-refractivity contribution in [2.75, 3.05) is 36.9 Å². The second-order valence-corrected chi connectivity index (χ2v) is 9.06. The largest absolute Gasteiger partial charge is 0.463 e. The van der Waals surface area contributed by atoms with Gasteiger partial charge < -0.3 is 15.4 Å². The molecule has 0 saturated carbocycles. The molecule has 0 radical (unpaired) electrons. The fraction of sp³-hybridized carbons (Fsp3) is 0.783. The summed E-state index contributed by atoms with van der Waals surface area (Å²) in [6, 6.07) is 0.936. The number of aromatic nitrogens is 2. The molecule has 1 aromatic heterocycles. The molecule has 1 aromatic rings. The van der Waals surface area contributed by atoms with Gasteiger partial charge in [-0.1, -0.05) is 26.2 Å². The number of nitrogens with two attached hydrogens (primary N) is 1. The molecule has 0 bridgehead atoms. The summed E-state index contributed by atoms with van der Waals surface area (Å²) in [7, 11) is 0. The number of anilines is 2. The topological polar surface area (TPSA) is 84.6 Å². The van der Waals surface area contributed by atoms with Gasteiger partial charge in [0.25, 0.3) is 0 Å². The summed E-state index contributed by atoms with van der Waals surface area (Å²) < 4.78 is 5.63. The van der Waals surface area contributed by atoms with E-state index in [0.717, 1.165) is 37.2 Å². The van der Waals surface area contributed by atoms with Crippen molar-refractivity contribution in [1.82, 2.24) is 14.9 Å². The third-order valence-electron chi connectivity index (χ3n) is 6.39. The SMILES string of the molecule is CCCCOc1nc(N)c2c(n1)N(CCCCCC1CCCN(C(C)C)C1)C(=O)C2. The molecule has 3 rings (SSSR count). The first-order valence-corrected chi connectivity index (χ1v) is 11.8. The fourth-order valence-electron chi connectivity index (χ4n) is 4.51. The van der Waals surface area contributed by atoms with Crippen molar-refractivity contribution in [2.24, 2.45) is 5.92 Å². The molecular formula is C23H39N5O2. The Hall–Kier alpha value is -1.89. The number of hydrogen-bond acceptors (Lipinski definition) is 6. The summed E-state index contributed by atoms with van der Waals surface area (Å²) in [6.45, 7) is 10.5. The average Bonchev–Trinajstić information content (AvgIpc) is 3.04. The summed E-state index contributed by atoms with van der Waals surface area (Å²) in [5.41, 5.74) is 6.83. The standard InChI is InChI=1S/C23H39N5O2/c1-4-5-14-30-23-25-21(24)19-15-20(29)28(22(19)26-23)13-8-6-7-10-18-11-9-12-27(16-18)17(2)3/h17-18H,4-16H2,1-3H3,(H2,24,25,26). The molecule has 1 fully saturated rings. The van der Waals surface area contributed by atoms with Crippen LogP contribution in [-0.2, 0) is 11.2 Å². The van der Waals surface area contributed by atoms with Crippen LogP contribution in [0.1, 0.15) is 77.7 Å². The zero-order chi connectivity index (χ0) is 21.5. The highest BCUT2D eigenvalue weighted by Gasteiger charge is 2.32. The van der Waals surface area contributed by atoms with Crippen LogP contribution in [-0.4, -0.2) is 53.1 Å². The van der Waals surface area contributed by atoms with Gasteiger partial charge in [-0.3, -0.25) is 9.69 Å². The number of carbonyl (C=O) groups is 1. The molecule has 3 heterocycles. The maximum atomic E-state index is 12.5. The highest BCUT2D eigenvalue weighted by Crippen LogP contribution is 2.32. The summed E-state index contributed by atoms with van der Waals surface area (Å²) >= 11 is 0. The van der Waals surface area contributed by atoms with Crippen LogP contribution in [0.15, 0.2) is 0 Å². The molecule has 7 nitrogen and oxygen atoms in total. The molecule has 1 amide bonds. The first-order chi connectivity index (χ1) is 14.5. The summed E-state index contributed by atoms with van der Waals surface area (Å²) in [5.74, 6) is 1.91. The number of piperidine rings is 1. The number of fused-ring (bicyclic) bond motifs is 1. The smallest absolute Gasteiger partial charge is 0.320 e. The molecule has 2 N–H and O–H groups in total. The van der Waals surface area contributed by atoms with E-state index in [1.54, 1.807) is 4.90 Å². The Morgan fingerprint density at radius 2 is 2.03 bits per heavy atom. The predicted octanol–water partition coefficient (Wildman–Crippen LogP) is 3.81. The van der Waals surface area contributed by atoms with Crippen LogP contribution >= 0.6 is 0 Å². The fourth-order valence-corrected chi connectivity index (χ4v) is 4.51. The summed E-state index contributed by atoms with van der Waals surface area (Å²) in [4.78, 5) is 25.6. The molecule has 0 spiro atoms. The molecule has 168 valence electrons. The quantitative estimate of drug-likeness (QED) is 0.551. The van der Waals surface area contributed by atoms with Gasteiger partial charge in [0, 0.05) is 24.7 Å². The van der Waals surface area contributed by atoms with Gasteiger partial charge in [-0.05, 0) is 58.4 Å². The van der Waals surface area contributed by atoms with Crippen molar-refractivity contribution >= 4 is 17.5 Å². The van der Waals surface area contributed by atoms with Crippen LogP contribution in [0, 0.1) is 5.92 Å². The molecule has 2 aliphatic rings. The minimum Gasteiger partial charge on any atom is -0.463 e. The third-order valence-corrected chi connectivity index (χ3v) is 6.39. The zero-order valence-electron chi connectivity index (χ0n) is 19.0. The second kappa shape index (κ2) is 10.9. The average molecular weight is 418 g/mol. The monoisotopic (exact) mass is 417 g/mol. The molecule has 7 heteroatoms. The number of likely N-dealkylation sites (tertiary alicyclic amines) is 1. The van der Waals surface area contributed by atoms with Crippen LogP contribution in [0.4, 0.5) is 11.6 Å². The molecule has 30 heavy (non-hydrogen) atoms. The van der Waals surface area contributed by atoms with E-state index in [-0.39, 0.29) is 11.9 Å². The maximum Gasteiger partial charge on any atom is 0.320 e. The Morgan fingerprint density at radius 1 is 1.20 bits per heavy atom.